The van der Waals surface area contributed by atoms with Crippen LogP contribution in [0.3, 0.4) is 0 Å². The van der Waals surface area contributed by atoms with Crippen molar-refractivity contribution in [2.75, 3.05) is 0 Å². The molecule has 0 aliphatic rings. The Bertz CT molecular complexity index is 3.25. The topological polar surface area (TPSA) is 0 Å². The predicted molar refractivity (Wildman–Crippen MR) is 24.5 cm³/mol. The molecule has 0 spiro atoms. The van der Waals surface area contributed by atoms with Gasteiger partial charge in [-0.25, -0.2) is 0 Å². The van der Waals surface area contributed by atoms with Gasteiger partial charge in [0.15, 0.2) is 0 Å². The number of hydrogen-bond acceptors (Lipinski definition) is 0. The zero-order valence-electron chi connectivity index (χ0n) is 3.21. The van der Waals surface area contributed by atoms with E-state index in [9.17, 15) is 0 Å². The van der Waals surface area contributed by atoms with Gasteiger partial charge in [0.05, 0.1) is 0 Å². The van der Waals surface area contributed by atoms with Gasteiger partial charge >= 0.3 is 23.7 Å². The fourth-order valence-corrected chi connectivity index (χ4v) is 0. The van der Waals surface area contributed by atoms with Crippen molar-refractivity contribution in [3.05, 3.63) is 0 Å². The van der Waals surface area contributed by atoms with Crippen LogP contribution in [0.5, 0.6) is 0 Å². The molecule has 0 saturated heterocycles. The van der Waals surface area contributed by atoms with E-state index >= 15 is 0 Å². The van der Waals surface area contributed by atoms with Gasteiger partial charge in [0.25, 0.3) is 0 Å². The molecule has 1 heteroatoms. The summed E-state index contributed by atoms with van der Waals surface area (Å²) >= 11 is 0. The Morgan fingerprint density at radius 1 is 1.25 bits per heavy atom. The fraction of sp³-hybridized carbons (Fsp3) is 1.00. The summed E-state index contributed by atoms with van der Waals surface area (Å²) in [5.74, 6) is 0. The molecule has 0 aliphatic carbocycles. The third kappa shape index (κ3) is 14.3. The number of hydrogen-bond donors (Lipinski definition) is 0. The van der Waals surface area contributed by atoms with E-state index in [1.54, 1.807) is 0 Å². The molecule has 0 aromatic carbocycles. The SMILES string of the molecule is CCC.[TeH2]. The Morgan fingerprint density at radius 3 is 1.25 bits per heavy atom. The Hall–Kier alpha value is 0.790. The van der Waals surface area contributed by atoms with Crippen LogP contribution < -0.4 is 0 Å². The fourth-order valence-electron chi connectivity index (χ4n) is 0. The molecule has 0 saturated carbocycles. The van der Waals surface area contributed by atoms with Crippen molar-refractivity contribution in [3.8, 4) is 0 Å². The monoisotopic (exact) mass is 176 g/mol. The van der Waals surface area contributed by atoms with Crippen LogP contribution in [0.4, 0.5) is 0 Å². The van der Waals surface area contributed by atoms with Gasteiger partial charge in [-0.1, -0.05) is 20.3 Å². The second-order valence-corrected chi connectivity index (χ2v) is 0.707. The third-order valence-electron chi connectivity index (χ3n) is 0. The number of rotatable bonds is 0. The second kappa shape index (κ2) is 9.21. The van der Waals surface area contributed by atoms with Crippen molar-refractivity contribution in [2.45, 2.75) is 20.3 Å². The van der Waals surface area contributed by atoms with Crippen LogP contribution in [-0.2, 0) is 0 Å². The molecular weight excluding hydrogens is 164 g/mol. The first-order valence-corrected chi connectivity index (χ1v) is 1.41. The first-order chi connectivity index (χ1) is 1.41. The Morgan fingerprint density at radius 2 is 1.25 bits per heavy atom. The molecule has 0 aromatic rings. The minimum atomic E-state index is 0. The van der Waals surface area contributed by atoms with Gasteiger partial charge in [-0.15, -0.1) is 0 Å². The zero-order valence-corrected chi connectivity index (χ0v) is 6.06. The summed E-state index contributed by atoms with van der Waals surface area (Å²) < 4.78 is 0. The van der Waals surface area contributed by atoms with Gasteiger partial charge in [-0.3, -0.25) is 0 Å². The van der Waals surface area contributed by atoms with E-state index in [-0.39, 0.29) is 23.7 Å². The first kappa shape index (κ1) is 8.84. The molecule has 0 bridgehead atoms. The van der Waals surface area contributed by atoms with Crippen molar-refractivity contribution >= 4 is 23.7 Å². The summed E-state index contributed by atoms with van der Waals surface area (Å²) in [6.07, 6.45) is 1.25. The standard InChI is InChI=1S/C3H8.H2Te/c1-3-2;/h3H2,1-2H3;1H2. The minimum absolute atomic E-state index is 0. The molecule has 0 nitrogen and oxygen atoms in total. The van der Waals surface area contributed by atoms with Crippen LogP contribution >= 0.6 is 0 Å². The van der Waals surface area contributed by atoms with Gasteiger partial charge in [0.1, 0.15) is 0 Å². The second-order valence-electron chi connectivity index (χ2n) is 0.707. The summed E-state index contributed by atoms with van der Waals surface area (Å²) in [4.78, 5) is 0. The van der Waals surface area contributed by atoms with E-state index in [0.29, 0.717) is 0 Å². The molecule has 0 N–H and O–H groups in total. The summed E-state index contributed by atoms with van der Waals surface area (Å²) in [6, 6.07) is 0. The molecule has 0 radical (unpaired) electrons. The van der Waals surface area contributed by atoms with Crippen molar-refractivity contribution in [1.29, 1.82) is 0 Å². The normalized spacial score (nSPS) is 4.50. The first-order valence-electron chi connectivity index (χ1n) is 1.41. The van der Waals surface area contributed by atoms with E-state index in [4.69, 9.17) is 0 Å². The molecule has 0 unspecified atom stereocenters. The summed E-state index contributed by atoms with van der Waals surface area (Å²) in [5, 5.41) is 0. The zero-order chi connectivity index (χ0) is 2.71. The van der Waals surface area contributed by atoms with E-state index in [2.05, 4.69) is 13.8 Å². The average molecular weight is 174 g/mol. The van der Waals surface area contributed by atoms with Gasteiger partial charge in [0, 0.05) is 0 Å². The van der Waals surface area contributed by atoms with Crippen molar-refractivity contribution in [3.63, 3.8) is 0 Å². The molecular formula is C3H10Te. The third-order valence-corrected chi connectivity index (χ3v) is 0. The molecule has 0 atom stereocenters. The van der Waals surface area contributed by atoms with Crippen molar-refractivity contribution < 1.29 is 0 Å². The van der Waals surface area contributed by atoms with Crippen LogP contribution in [-0.4, -0.2) is 23.7 Å². The van der Waals surface area contributed by atoms with Crippen molar-refractivity contribution in [1.82, 2.24) is 0 Å². The quantitative estimate of drug-likeness (QED) is 0.468. The summed E-state index contributed by atoms with van der Waals surface area (Å²) in [5.41, 5.74) is 0. The van der Waals surface area contributed by atoms with Crippen molar-refractivity contribution in [2.24, 2.45) is 0 Å². The van der Waals surface area contributed by atoms with E-state index < -0.39 is 0 Å². The van der Waals surface area contributed by atoms with Gasteiger partial charge in [-0.05, 0) is 0 Å². The molecule has 0 aromatic heterocycles. The van der Waals surface area contributed by atoms with Crippen LogP contribution in [0.25, 0.3) is 0 Å². The molecule has 0 aliphatic heterocycles. The maximum absolute atomic E-state index is 2.12. The Kier molecular flexibility index (Phi) is 20.3. The molecule has 0 heterocycles. The van der Waals surface area contributed by atoms with E-state index in [1.807, 2.05) is 0 Å². The van der Waals surface area contributed by atoms with Crippen LogP contribution in [0.1, 0.15) is 20.3 Å². The van der Waals surface area contributed by atoms with E-state index in [1.165, 1.54) is 6.42 Å². The summed E-state index contributed by atoms with van der Waals surface area (Å²) in [7, 11) is 0. The van der Waals surface area contributed by atoms with Crippen LogP contribution in [0.15, 0.2) is 0 Å². The molecule has 0 rings (SSSR count). The predicted octanol–water partition coefficient (Wildman–Crippen LogP) is 0.500. The van der Waals surface area contributed by atoms with Crippen LogP contribution in [0.2, 0.25) is 0 Å². The van der Waals surface area contributed by atoms with Gasteiger partial charge < -0.3 is 0 Å². The molecule has 0 amide bonds. The Balaban J connectivity index is 0. The average Bonchev–Trinajstić information content (AvgIpc) is 0.918. The van der Waals surface area contributed by atoms with Gasteiger partial charge in [-0.2, -0.15) is 0 Å². The molecule has 28 valence electrons. The molecule has 4 heavy (non-hydrogen) atoms. The van der Waals surface area contributed by atoms with Crippen LogP contribution in [0, 0.1) is 0 Å². The maximum atomic E-state index is 2.12. The molecule has 0 fully saturated rings. The van der Waals surface area contributed by atoms with E-state index in [0.717, 1.165) is 0 Å². The summed E-state index contributed by atoms with van der Waals surface area (Å²) in [6.45, 7) is 4.25. The Labute approximate surface area is 44.3 Å². The van der Waals surface area contributed by atoms with Gasteiger partial charge in [0.2, 0.25) is 0 Å².